The lowest BCUT2D eigenvalue weighted by molar-refractivity contribution is -0.121. The second-order valence-electron chi connectivity index (χ2n) is 5.53. The number of nitrogens with one attached hydrogen (secondary N) is 1. The molecule has 0 unspecified atom stereocenters. The number of hydrogen-bond donors (Lipinski definition) is 1. The van der Waals surface area contributed by atoms with E-state index in [2.05, 4.69) is 34.4 Å². The van der Waals surface area contributed by atoms with Crippen LogP contribution in [-0.4, -0.2) is 41.1 Å². The van der Waals surface area contributed by atoms with Gasteiger partial charge in [0, 0.05) is 13.0 Å². The van der Waals surface area contributed by atoms with Gasteiger partial charge in [0.2, 0.25) is 5.91 Å². The van der Waals surface area contributed by atoms with Crippen LogP contribution in [0.15, 0.2) is 0 Å². The molecule has 0 bridgehead atoms. The third kappa shape index (κ3) is 4.83. The Morgan fingerprint density at radius 3 is 2.95 bits per heavy atom. The Hall–Kier alpha value is -1.01. The number of carbonyl (C=O) groups is 1. The molecule has 2 heterocycles. The zero-order valence-electron chi connectivity index (χ0n) is 12.4. The van der Waals surface area contributed by atoms with Crippen LogP contribution < -0.4 is 5.32 Å². The van der Waals surface area contributed by atoms with Gasteiger partial charge in [-0.2, -0.15) is 0 Å². The summed E-state index contributed by atoms with van der Waals surface area (Å²) in [6.45, 7) is 4.90. The molecule has 1 aromatic rings. The van der Waals surface area contributed by atoms with Crippen LogP contribution in [0.1, 0.15) is 42.6 Å². The molecule has 5 nitrogen and oxygen atoms in total. The summed E-state index contributed by atoms with van der Waals surface area (Å²) in [5.41, 5.74) is 0. The second kappa shape index (κ2) is 7.69. The molecule has 1 atom stereocenters. The van der Waals surface area contributed by atoms with Gasteiger partial charge in [0.05, 0.1) is 6.54 Å². The van der Waals surface area contributed by atoms with E-state index in [4.69, 9.17) is 0 Å². The van der Waals surface area contributed by atoms with Crippen LogP contribution in [0.5, 0.6) is 0 Å². The third-order valence-corrected chi connectivity index (χ3v) is 4.82. The number of hydrogen-bond acceptors (Lipinski definition) is 5. The molecule has 20 heavy (non-hydrogen) atoms. The predicted octanol–water partition coefficient (Wildman–Crippen LogP) is 1.84. The summed E-state index contributed by atoms with van der Waals surface area (Å²) in [5.74, 6) is 0.805. The number of nitrogens with zero attached hydrogens (tertiary/aromatic N) is 3. The largest absolute Gasteiger partial charge is 0.350 e. The zero-order chi connectivity index (χ0) is 14.4. The number of likely N-dealkylation sites (tertiary alicyclic amines) is 1. The van der Waals surface area contributed by atoms with Crippen LogP contribution in [0.4, 0.5) is 0 Å². The van der Waals surface area contributed by atoms with E-state index in [9.17, 15) is 4.79 Å². The van der Waals surface area contributed by atoms with Crippen molar-refractivity contribution in [2.24, 2.45) is 5.92 Å². The Balaban J connectivity index is 1.65. The van der Waals surface area contributed by atoms with Crippen LogP contribution >= 0.6 is 11.3 Å². The summed E-state index contributed by atoms with van der Waals surface area (Å²) in [7, 11) is 2.16. The fraction of sp³-hybridized carbons (Fsp3) is 0.786. The lowest BCUT2D eigenvalue weighted by Crippen LogP contribution is -2.33. The molecule has 0 radical (unpaired) electrons. The molecule has 1 saturated heterocycles. The first-order valence-electron chi connectivity index (χ1n) is 7.44. The molecule has 6 heteroatoms. The van der Waals surface area contributed by atoms with Crippen molar-refractivity contribution in [1.29, 1.82) is 0 Å². The maximum Gasteiger partial charge on any atom is 0.220 e. The van der Waals surface area contributed by atoms with E-state index in [1.807, 2.05) is 0 Å². The quantitative estimate of drug-likeness (QED) is 0.870. The van der Waals surface area contributed by atoms with Crippen molar-refractivity contribution in [1.82, 2.24) is 20.4 Å². The molecule has 0 saturated carbocycles. The van der Waals surface area contributed by atoms with Crippen molar-refractivity contribution in [2.45, 2.75) is 45.6 Å². The summed E-state index contributed by atoms with van der Waals surface area (Å²) in [4.78, 5) is 14.2. The molecule has 0 aromatic carbocycles. The van der Waals surface area contributed by atoms with Gasteiger partial charge in [0.1, 0.15) is 10.0 Å². The second-order valence-corrected chi connectivity index (χ2v) is 6.68. The minimum absolute atomic E-state index is 0.131. The first-order chi connectivity index (χ1) is 9.67. The number of rotatable bonds is 6. The summed E-state index contributed by atoms with van der Waals surface area (Å²) in [6, 6.07) is 0. The van der Waals surface area contributed by atoms with Crippen molar-refractivity contribution >= 4 is 17.2 Å². The van der Waals surface area contributed by atoms with Crippen molar-refractivity contribution < 1.29 is 4.79 Å². The highest BCUT2D eigenvalue weighted by atomic mass is 32.1. The van der Waals surface area contributed by atoms with E-state index in [0.29, 0.717) is 18.9 Å². The number of amides is 1. The average molecular weight is 296 g/mol. The highest BCUT2D eigenvalue weighted by Crippen LogP contribution is 2.19. The minimum Gasteiger partial charge on any atom is -0.350 e. The van der Waals surface area contributed by atoms with E-state index in [1.165, 1.54) is 19.4 Å². The van der Waals surface area contributed by atoms with E-state index < -0.39 is 0 Å². The fourth-order valence-electron chi connectivity index (χ4n) is 2.61. The van der Waals surface area contributed by atoms with E-state index in [0.717, 1.165) is 29.4 Å². The summed E-state index contributed by atoms with van der Waals surface area (Å²) >= 11 is 1.58. The first kappa shape index (κ1) is 15.4. The maximum atomic E-state index is 11.8. The molecule has 2 rings (SSSR count). The van der Waals surface area contributed by atoms with Crippen LogP contribution in [-0.2, 0) is 17.8 Å². The number of aromatic nitrogens is 2. The number of aryl methyl sites for hydroxylation is 1. The molecule has 1 amide bonds. The van der Waals surface area contributed by atoms with Crippen molar-refractivity contribution in [3.63, 3.8) is 0 Å². The Bertz CT molecular complexity index is 435. The maximum absolute atomic E-state index is 11.8. The predicted molar refractivity (Wildman–Crippen MR) is 80.6 cm³/mol. The van der Waals surface area contributed by atoms with Crippen LogP contribution in [0.25, 0.3) is 0 Å². The van der Waals surface area contributed by atoms with Crippen LogP contribution in [0, 0.1) is 5.92 Å². The summed E-state index contributed by atoms with van der Waals surface area (Å²) in [6.07, 6.45) is 5.03. The SMILES string of the molecule is CCc1nnc(CNC(=O)CC[C@@H]2CCCN(C)C2)s1. The molecular weight excluding hydrogens is 272 g/mol. The lowest BCUT2D eigenvalue weighted by Gasteiger charge is -2.29. The van der Waals surface area contributed by atoms with Gasteiger partial charge < -0.3 is 10.2 Å². The highest BCUT2D eigenvalue weighted by Gasteiger charge is 2.18. The van der Waals surface area contributed by atoms with Gasteiger partial charge in [0.25, 0.3) is 0 Å². The molecular formula is C14H24N4OS. The molecule has 1 N–H and O–H groups in total. The van der Waals surface area contributed by atoms with E-state index in [1.54, 1.807) is 11.3 Å². The molecule has 112 valence electrons. The average Bonchev–Trinajstić information content (AvgIpc) is 2.91. The van der Waals surface area contributed by atoms with E-state index >= 15 is 0 Å². The van der Waals surface area contributed by atoms with Crippen molar-refractivity contribution in [2.75, 3.05) is 20.1 Å². The van der Waals surface area contributed by atoms with Gasteiger partial charge in [-0.15, -0.1) is 10.2 Å². The lowest BCUT2D eigenvalue weighted by atomic mass is 9.93. The molecule has 1 aliphatic rings. The van der Waals surface area contributed by atoms with Crippen LogP contribution in [0.3, 0.4) is 0 Å². The number of piperidine rings is 1. The van der Waals surface area contributed by atoms with Gasteiger partial charge in [-0.05, 0) is 45.2 Å². The standard InChI is InChI=1S/C14H24N4OS/c1-3-13-16-17-14(20-13)9-15-12(19)7-6-11-5-4-8-18(2)10-11/h11H,3-10H2,1-2H3,(H,15,19)/t11-/m0/s1. The Morgan fingerprint density at radius 1 is 1.45 bits per heavy atom. The fourth-order valence-corrected chi connectivity index (χ4v) is 3.33. The Morgan fingerprint density at radius 2 is 2.25 bits per heavy atom. The molecule has 0 spiro atoms. The monoisotopic (exact) mass is 296 g/mol. The smallest absolute Gasteiger partial charge is 0.220 e. The normalized spacial score (nSPS) is 20.0. The summed E-state index contributed by atoms with van der Waals surface area (Å²) in [5, 5.41) is 13.0. The summed E-state index contributed by atoms with van der Waals surface area (Å²) < 4.78 is 0. The molecule has 1 fully saturated rings. The number of carbonyl (C=O) groups excluding carboxylic acids is 1. The minimum atomic E-state index is 0.131. The van der Waals surface area contributed by atoms with Gasteiger partial charge in [-0.3, -0.25) is 4.79 Å². The van der Waals surface area contributed by atoms with Gasteiger partial charge in [-0.1, -0.05) is 18.3 Å². The molecule has 1 aliphatic heterocycles. The third-order valence-electron chi connectivity index (χ3n) is 3.75. The van der Waals surface area contributed by atoms with E-state index in [-0.39, 0.29) is 5.91 Å². The molecule has 0 aliphatic carbocycles. The topological polar surface area (TPSA) is 58.1 Å². The Kier molecular flexibility index (Phi) is 5.91. The van der Waals surface area contributed by atoms with Gasteiger partial charge in [0.15, 0.2) is 0 Å². The zero-order valence-corrected chi connectivity index (χ0v) is 13.2. The van der Waals surface area contributed by atoms with Crippen LogP contribution in [0.2, 0.25) is 0 Å². The molecule has 1 aromatic heterocycles. The van der Waals surface area contributed by atoms with Crippen molar-refractivity contribution in [3.05, 3.63) is 10.0 Å². The van der Waals surface area contributed by atoms with Gasteiger partial charge in [-0.25, -0.2) is 0 Å². The van der Waals surface area contributed by atoms with Gasteiger partial charge >= 0.3 is 0 Å². The van der Waals surface area contributed by atoms with Crippen molar-refractivity contribution in [3.8, 4) is 0 Å². The first-order valence-corrected chi connectivity index (χ1v) is 8.25. The highest BCUT2D eigenvalue weighted by molar-refractivity contribution is 7.11. The Labute approximate surface area is 124 Å².